The summed E-state index contributed by atoms with van der Waals surface area (Å²) in [6.45, 7) is 0.580. The molecular formula is C11H12BrN3O. The molecule has 0 radical (unpaired) electrons. The van der Waals surface area contributed by atoms with Gasteiger partial charge in [-0.1, -0.05) is 28.1 Å². The molecule has 4 nitrogen and oxygen atoms in total. The summed E-state index contributed by atoms with van der Waals surface area (Å²) in [6.07, 6.45) is 0.763. The average molecular weight is 282 g/mol. The smallest absolute Gasteiger partial charge is 0.315 e. The summed E-state index contributed by atoms with van der Waals surface area (Å²) < 4.78 is 1.03. The van der Waals surface area contributed by atoms with Gasteiger partial charge in [0.05, 0.1) is 6.07 Å². The van der Waals surface area contributed by atoms with E-state index in [1.54, 1.807) is 0 Å². The minimum Gasteiger partial charge on any atom is -0.338 e. The number of hydrogen-bond donors (Lipinski definition) is 2. The molecule has 0 spiro atoms. The molecule has 0 saturated heterocycles. The van der Waals surface area contributed by atoms with Crippen LogP contribution in [0.2, 0.25) is 0 Å². The molecule has 0 atom stereocenters. The Morgan fingerprint density at radius 3 is 2.94 bits per heavy atom. The average Bonchev–Trinajstić information content (AvgIpc) is 2.26. The van der Waals surface area contributed by atoms with Gasteiger partial charge in [-0.25, -0.2) is 4.79 Å². The molecule has 84 valence electrons. The van der Waals surface area contributed by atoms with Crippen molar-refractivity contribution < 1.29 is 4.79 Å². The maximum absolute atomic E-state index is 11.1. The Morgan fingerprint density at radius 1 is 1.44 bits per heavy atom. The van der Waals surface area contributed by atoms with Crippen molar-refractivity contribution in [2.45, 2.75) is 6.42 Å². The number of amides is 2. The van der Waals surface area contributed by atoms with Gasteiger partial charge in [-0.2, -0.15) is 5.26 Å². The molecule has 0 saturated carbocycles. The van der Waals surface area contributed by atoms with Crippen LogP contribution in [-0.4, -0.2) is 19.1 Å². The number of nitrogens with zero attached hydrogens (tertiary/aromatic N) is 1. The van der Waals surface area contributed by atoms with Crippen molar-refractivity contribution in [1.29, 1.82) is 5.26 Å². The monoisotopic (exact) mass is 281 g/mol. The summed E-state index contributed by atoms with van der Waals surface area (Å²) in [4.78, 5) is 11.1. The van der Waals surface area contributed by atoms with Crippen LogP contribution in [0.15, 0.2) is 28.7 Å². The van der Waals surface area contributed by atoms with Crippen LogP contribution < -0.4 is 10.6 Å². The summed E-state index contributed by atoms with van der Waals surface area (Å²) in [5, 5.41) is 13.3. The van der Waals surface area contributed by atoms with Crippen LogP contribution in [-0.2, 0) is 6.42 Å². The van der Waals surface area contributed by atoms with E-state index in [4.69, 9.17) is 5.26 Å². The topological polar surface area (TPSA) is 64.9 Å². The molecule has 2 amide bonds. The lowest BCUT2D eigenvalue weighted by atomic mass is 10.1. The van der Waals surface area contributed by atoms with Crippen molar-refractivity contribution in [3.63, 3.8) is 0 Å². The molecule has 2 N–H and O–H groups in total. The largest absolute Gasteiger partial charge is 0.338 e. The molecule has 1 aromatic carbocycles. The number of carbonyl (C=O) groups is 1. The Balaban J connectivity index is 2.26. The molecule has 0 heterocycles. The van der Waals surface area contributed by atoms with Crippen LogP contribution in [0.25, 0.3) is 0 Å². The third kappa shape index (κ3) is 4.80. The molecular weight excluding hydrogens is 270 g/mol. The van der Waals surface area contributed by atoms with Crippen molar-refractivity contribution in [2.24, 2.45) is 0 Å². The number of carbonyl (C=O) groups excluding carboxylic acids is 1. The van der Waals surface area contributed by atoms with Gasteiger partial charge in [-0.05, 0) is 24.1 Å². The first kappa shape index (κ1) is 12.5. The number of halogens is 1. The van der Waals surface area contributed by atoms with Crippen LogP contribution >= 0.6 is 15.9 Å². The predicted molar refractivity (Wildman–Crippen MR) is 64.9 cm³/mol. The normalized spacial score (nSPS) is 9.25. The van der Waals surface area contributed by atoms with Crippen LogP contribution in [0.5, 0.6) is 0 Å². The summed E-state index contributed by atoms with van der Waals surface area (Å²) in [5.74, 6) is 0. The third-order valence-corrected chi connectivity index (χ3v) is 2.41. The number of hydrogen-bond acceptors (Lipinski definition) is 2. The maximum Gasteiger partial charge on any atom is 0.315 e. The standard InChI is InChI=1S/C11H12BrN3O/c12-10-3-1-2-9(8-10)4-6-14-11(16)15-7-5-13/h1-3,8H,4,6-7H2,(H2,14,15,16). The van der Waals surface area contributed by atoms with Crippen LogP contribution in [0.3, 0.4) is 0 Å². The van der Waals surface area contributed by atoms with Gasteiger partial charge < -0.3 is 10.6 Å². The molecule has 0 aromatic heterocycles. The molecule has 0 fully saturated rings. The Hall–Kier alpha value is -1.54. The van der Waals surface area contributed by atoms with Crippen LogP contribution in [0, 0.1) is 11.3 Å². The minimum absolute atomic E-state index is 0.0305. The number of nitriles is 1. The number of nitrogens with one attached hydrogen (secondary N) is 2. The SMILES string of the molecule is N#CCNC(=O)NCCc1cccc(Br)c1. The van der Waals surface area contributed by atoms with E-state index in [-0.39, 0.29) is 12.6 Å². The summed E-state index contributed by atoms with van der Waals surface area (Å²) in [5.41, 5.74) is 1.15. The van der Waals surface area contributed by atoms with Gasteiger partial charge in [0.15, 0.2) is 0 Å². The maximum atomic E-state index is 11.1. The van der Waals surface area contributed by atoms with E-state index in [0.29, 0.717) is 6.54 Å². The fourth-order valence-electron chi connectivity index (χ4n) is 1.20. The van der Waals surface area contributed by atoms with E-state index in [1.165, 1.54) is 0 Å². The minimum atomic E-state index is -0.309. The molecule has 0 aliphatic rings. The van der Waals surface area contributed by atoms with Crippen LogP contribution in [0.4, 0.5) is 4.79 Å². The zero-order chi connectivity index (χ0) is 11.8. The first-order valence-electron chi connectivity index (χ1n) is 4.85. The quantitative estimate of drug-likeness (QED) is 0.827. The second kappa shape index (κ2) is 6.85. The van der Waals surface area contributed by atoms with Gasteiger partial charge in [0.2, 0.25) is 0 Å². The van der Waals surface area contributed by atoms with Gasteiger partial charge in [0.1, 0.15) is 6.54 Å². The highest BCUT2D eigenvalue weighted by atomic mass is 79.9. The van der Waals surface area contributed by atoms with Crippen molar-refractivity contribution >= 4 is 22.0 Å². The van der Waals surface area contributed by atoms with E-state index < -0.39 is 0 Å². The van der Waals surface area contributed by atoms with Gasteiger partial charge >= 0.3 is 6.03 Å². The van der Waals surface area contributed by atoms with E-state index in [2.05, 4.69) is 26.6 Å². The number of rotatable bonds is 4. The first-order valence-corrected chi connectivity index (χ1v) is 5.65. The highest BCUT2D eigenvalue weighted by Crippen LogP contribution is 2.11. The zero-order valence-corrected chi connectivity index (χ0v) is 10.3. The third-order valence-electron chi connectivity index (χ3n) is 1.92. The van der Waals surface area contributed by atoms with Crippen molar-refractivity contribution in [2.75, 3.05) is 13.1 Å². The first-order chi connectivity index (χ1) is 7.72. The van der Waals surface area contributed by atoms with E-state index in [0.717, 1.165) is 16.5 Å². The Bertz CT molecular complexity index is 400. The van der Waals surface area contributed by atoms with Crippen molar-refractivity contribution in [3.05, 3.63) is 34.3 Å². The number of urea groups is 1. The highest BCUT2D eigenvalue weighted by molar-refractivity contribution is 9.10. The van der Waals surface area contributed by atoms with E-state index in [1.807, 2.05) is 30.3 Å². The lowest BCUT2D eigenvalue weighted by Crippen LogP contribution is -2.36. The fourth-order valence-corrected chi connectivity index (χ4v) is 1.64. The van der Waals surface area contributed by atoms with Crippen LogP contribution in [0.1, 0.15) is 5.56 Å². The van der Waals surface area contributed by atoms with Crippen molar-refractivity contribution in [3.8, 4) is 6.07 Å². The fraction of sp³-hybridized carbons (Fsp3) is 0.273. The van der Waals surface area contributed by atoms with E-state index in [9.17, 15) is 4.79 Å². The highest BCUT2D eigenvalue weighted by Gasteiger charge is 1.98. The molecule has 0 bridgehead atoms. The lowest BCUT2D eigenvalue weighted by Gasteiger charge is -2.05. The second-order valence-electron chi connectivity index (χ2n) is 3.15. The Labute approximate surface area is 103 Å². The molecule has 0 aliphatic heterocycles. The molecule has 5 heteroatoms. The molecule has 1 aromatic rings. The van der Waals surface area contributed by atoms with Gasteiger partial charge in [0.25, 0.3) is 0 Å². The second-order valence-corrected chi connectivity index (χ2v) is 4.06. The Kier molecular flexibility index (Phi) is 5.37. The summed E-state index contributed by atoms with van der Waals surface area (Å²) in [7, 11) is 0. The predicted octanol–water partition coefficient (Wildman–Crippen LogP) is 1.81. The number of benzene rings is 1. The zero-order valence-electron chi connectivity index (χ0n) is 8.66. The molecule has 16 heavy (non-hydrogen) atoms. The summed E-state index contributed by atoms with van der Waals surface area (Å²) >= 11 is 3.38. The molecule has 1 rings (SSSR count). The summed E-state index contributed by atoms with van der Waals surface area (Å²) in [6, 6.07) is 9.44. The van der Waals surface area contributed by atoms with Gasteiger partial charge in [-0.15, -0.1) is 0 Å². The molecule has 0 unspecified atom stereocenters. The Morgan fingerprint density at radius 2 is 2.25 bits per heavy atom. The van der Waals surface area contributed by atoms with Gasteiger partial charge in [-0.3, -0.25) is 0 Å². The molecule has 0 aliphatic carbocycles. The lowest BCUT2D eigenvalue weighted by molar-refractivity contribution is 0.242. The van der Waals surface area contributed by atoms with Crippen molar-refractivity contribution in [1.82, 2.24) is 10.6 Å². The van der Waals surface area contributed by atoms with Gasteiger partial charge in [0, 0.05) is 11.0 Å². The van der Waals surface area contributed by atoms with E-state index >= 15 is 0 Å².